The standard InChI is InChI=1S/C34H44N4/c1-9-13-25-21(7)28-15-27-19(5)23(11-3)31(35-27)16-29-20(6)24(12-4)32(36-29)17-30-22(8)26(14-10-2)34(38-30)18-33(25)37-28/h11-12,35-38H,3-4,9-10,13-18H2,1-2,5-8H3. The van der Waals surface area contributed by atoms with Crippen LogP contribution in [0.3, 0.4) is 0 Å². The summed E-state index contributed by atoms with van der Waals surface area (Å²) in [5.74, 6) is 0. The fraction of sp³-hybridized carbons (Fsp3) is 0.412. The molecule has 0 unspecified atom stereocenters. The van der Waals surface area contributed by atoms with Gasteiger partial charge in [0, 0.05) is 71.2 Å². The maximum Gasteiger partial charge on any atom is 0.0287 e. The largest absolute Gasteiger partial charge is 0.361 e. The molecule has 4 N–H and O–H groups in total. The van der Waals surface area contributed by atoms with Crippen LogP contribution in [-0.4, -0.2) is 19.9 Å². The fourth-order valence-electron chi connectivity index (χ4n) is 6.71. The van der Waals surface area contributed by atoms with E-state index in [4.69, 9.17) is 0 Å². The number of H-pyrrole nitrogens is 4. The molecule has 0 saturated carbocycles. The SMILES string of the molecule is C=Cc1c2[nH]c(c1C)Cc1[nH]c(c(CCC)c1C)Cc1[nH]c(c(C)c1CCC)Cc1[nH]c(c(C)c1C=C)C2. The summed E-state index contributed by atoms with van der Waals surface area (Å²) in [7, 11) is 0. The van der Waals surface area contributed by atoms with Gasteiger partial charge >= 0.3 is 0 Å². The van der Waals surface area contributed by atoms with Crippen LogP contribution >= 0.6 is 0 Å². The predicted molar refractivity (Wildman–Crippen MR) is 162 cm³/mol. The van der Waals surface area contributed by atoms with Crippen LogP contribution in [0.2, 0.25) is 0 Å². The molecule has 0 saturated heterocycles. The van der Waals surface area contributed by atoms with Gasteiger partial charge in [-0.05, 0) is 85.0 Å². The minimum atomic E-state index is 0.820. The van der Waals surface area contributed by atoms with Crippen molar-refractivity contribution in [2.75, 3.05) is 0 Å². The fourth-order valence-corrected chi connectivity index (χ4v) is 6.71. The lowest BCUT2D eigenvalue weighted by Crippen LogP contribution is -1.99. The summed E-state index contributed by atoms with van der Waals surface area (Å²) >= 11 is 0. The Morgan fingerprint density at radius 1 is 0.500 bits per heavy atom. The molecule has 1 aliphatic heterocycles. The Balaban J connectivity index is 1.74. The van der Waals surface area contributed by atoms with Crippen molar-refractivity contribution in [3.05, 3.63) is 103 Å². The van der Waals surface area contributed by atoms with E-state index in [0.29, 0.717) is 0 Å². The summed E-state index contributed by atoms with van der Waals surface area (Å²) in [6.07, 6.45) is 12.0. The van der Waals surface area contributed by atoms with Crippen LogP contribution < -0.4 is 0 Å². The van der Waals surface area contributed by atoms with Gasteiger partial charge in [-0.15, -0.1) is 0 Å². The Bertz CT molecular complexity index is 1510. The molecule has 0 aliphatic carbocycles. The summed E-state index contributed by atoms with van der Waals surface area (Å²) in [6, 6.07) is 0. The highest BCUT2D eigenvalue weighted by atomic mass is 14.8. The van der Waals surface area contributed by atoms with E-state index in [1.807, 2.05) is 12.2 Å². The second-order valence-corrected chi connectivity index (χ2v) is 11.2. The quantitative estimate of drug-likeness (QED) is 0.179. The molecule has 4 aromatic heterocycles. The Morgan fingerprint density at radius 2 is 0.816 bits per heavy atom. The molecule has 5 heterocycles. The number of fused-ring (bicyclic) bond motifs is 8. The number of hydrogen-bond donors (Lipinski definition) is 4. The lowest BCUT2D eigenvalue weighted by molar-refractivity contribution is 0.868. The Kier molecular flexibility index (Phi) is 7.17. The minimum absolute atomic E-state index is 0.820. The van der Waals surface area contributed by atoms with Crippen LogP contribution in [0.4, 0.5) is 0 Å². The van der Waals surface area contributed by atoms with Gasteiger partial charge < -0.3 is 19.9 Å². The molecule has 38 heavy (non-hydrogen) atoms. The van der Waals surface area contributed by atoms with Crippen molar-refractivity contribution in [1.82, 2.24) is 19.9 Å². The highest BCUT2D eigenvalue weighted by Crippen LogP contribution is 2.33. The molecule has 200 valence electrons. The van der Waals surface area contributed by atoms with Gasteiger partial charge in [0.1, 0.15) is 0 Å². The molecule has 0 aromatic carbocycles. The van der Waals surface area contributed by atoms with Crippen molar-refractivity contribution in [2.45, 2.75) is 92.9 Å². The van der Waals surface area contributed by atoms with E-state index in [-0.39, 0.29) is 0 Å². The number of aromatic nitrogens is 4. The minimum Gasteiger partial charge on any atom is -0.361 e. The molecule has 1 aliphatic rings. The predicted octanol–water partition coefficient (Wildman–Crippen LogP) is 8.10. The Hall–Kier alpha value is -3.40. The van der Waals surface area contributed by atoms with Gasteiger partial charge in [-0.25, -0.2) is 0 Å². The molecular formula is C34H44N4. The van der Waals surface area contributed by atoms with E-state index < -0.39 is 0 Å². The summed E-state index contributed by atoms with van der Waals surface area (Å²) in [6.45, 7) is 22.0. The molecule has 4 aromatic rings. The molecule has 0 fully saturated rings. The van der Waals surface area contributed by atoms with Gasteiger partial charge in [0.2, 0.25) is 0 Å². The van der Waals surface area contributed by atoms with Crippen LogP contribution in [0, 0.1) is 27.7 Å². The van der Waals surface area contributed by atoms with Crippen molar-refractivity contribution < 1.29 is 0 Å². The third-order valence-corrected chi connectivity index (χ3v) is 8.93. The van der Waals surface area contributed by atoms with Crippen LogP contribution in [0.5, 0.6) is 0 Å². The van der Waals surface area contributed by atoms with Crippen LogP contribution in [0.15, 0.2) is 13.2 Å². The molecule has 0 radical (unpaired) electrons. The van der Waals surface area contributed by atoms with Crippen molar-refractivity contribution in [2.24, 2.45) is 0 Å². The first-order chi connectivity index (χ1) is 18.3. The molecule has 0 amide bonds. The summed E-state index contributed by atoms with van der Waals surface area (Å²) in [4.78, 5) is 15.5. The van der Waals surface area contributed by atoms with Crippen molar-refractivity contribution in [1.29, 1.82) is 0 Å². The summed E-state index contributed by atoms with van der Waals surface area (Å²) in [5.41, 5.74) is 21.2. The third kappa shape index (κ3) is 4.34. The molecule has 8 bridgehead atoms. The Morgan fingerprint density at radius 3 is 1.18 bits per heavy atom. The molecular weight excluding hydrogens is 464 g/mol. The zero-order chi connectivity index (χ0) is 27.1. The zero-order valence-electron chi connectivity index (χ0n) is 24.2. The first kappa shape index (κ1) is 26.2. The second-order valence-electron chi connectivity index (χ2n) is 11.2. The third-order valence-electron chi connectivity index (χ3n) is 8.93. The number of aromatic amines is 4. The van der Waals surface area contributed by atoms with E-state index in [2.05, 4.69) is 74.6 Å². The molecule has 0 atom stereocenters. The van der Waals surface area contributed by atoms with E-state index in [0.717, 1.165) is 51.4 Å². The van der Waals surface area contributed by atoms with Gasteiger partial charge in [0.05, 0.1) is 0 Å². The van der Waals surface area contributed by atoms with Gasteiger partial charge in [-0.1, -0.05) is 52.0 Å². The maximum absolute atomic E-state index is 4.18. The van der Waals surface area contributed by atoms with Crippen LogP contribution in [-0.2, 0) is 38.5 Å². The monoisotopic (exact) mass is 508 g/mol. The van der Waals surface area contributed by atoms with Crippen molar-refractivity contribution in [3.63, 3.8) is 0 Å². The van der Waals surface area contributed by atoms with Crippen molar-refractivity contribution in [3.8, 4) is 0 Å². The second kappa shape index (κ2) is 10.4. The first-order valence-corrected chi connectivity index (χ1v) is 14.3. The van der Waals surface area contributed by atoms with E-state index >= 15 is 0 Å². The number of nitrogens with one attached hydrogen (secondary N) is 4. The van der Waals surface area contributed by atoms with Crippen LogP contribution in [0.1, 0.15) is 117 Å². The number of rotatable bonds is 6. The molecule has 0 spiro atoms. The molecule has 4 heteroatoms. The summed E-state index contributed by atoms with van der Waals surface area (Å²) in [5, 5.41) is 0. The highest BCUT2D eigenvalue weighted by Gasteiger charge is 2.23. The molecule has 5 rings (SSSR count). The average Bonchev–Trinajstić information content (AvgIpc) is 3.55. The van der Waals surface area contributed by atoms with E-state index in [1.54, 1.807) is 0 Å². The van der Waals surface area contributed by atoms with Gasteiger partial charge in [0.15, 0.2) is 0 Å². The van der Waals surface area contributed by atoms with Gasteiger partial charge in [-0.2, -0.15) is 0 Å². The molecule has 4 nitrogen and oxygen atoms in total. The average molecular weight is 509 g/mol. The number of hydrogen-bond acceptors (Lipinski definition) is 0. The van der Waals surface area contributed by atoms with E-state index in [1.165, 1.54) is 90.1 Å². The lowest BCUT2D eigenvalue weighted by Gasteiger charge is -2.07. The first-order valence-electron chi connectivity index (χ1n) is 14.3. The highest BCUT2D eigenvalue weighted by molar-refractivity contribution is 5.61. The lowest BCUT2D eigenvalue weighted by atomic mass is 9.97. The van der Waals surface area contributed by atoms with Crippen LogP contribution in [0.25, 0.3) is 12.2 Å². The topological polar surface area (TPSA) is 63.2 Å². The smallest absolute Gasteiger partial charge is 0.0287 e. The van der Waals surface area contributed by atoms with Gasteiger partial charge in [0.25, 0.3) is 0 Å². The van der Waals surface area contributed by atoms with Gasteiger partial charge in [-0.3, -0.25) is 0 Å². The normalized spacial score (nSPS) is 13.2. The maximum atomic E-state index is 4.18. The summed E-state index contributed by atoms with van der Waals surface area (Å²) < 4.78 is 0. The zero-order valence-corrected chi connectivity index (χ0v) is 24.2. The van der Waals surface area contributed by atoms with E-state index in [9.17, 15) is 0 Å². The Labute approximate surface area is 228 Å². The van der Waals surface area contributed by atoms with Crippen molar-refractivity contribution >= 4 is 12.2 Å².